The summed E-state index contributed by atoms with van der Waals surface area (Å²) in [6.07, 6.45) is 0.00775. The van der Waals surface area contributed by atoms with Crippen LogP contribution in [0.5, 0.6) is 0 Å². The summed E-state index contributed by atoms with van der Waals surface area (Å²) in [6.45, 7) is -0.314. The fourth-order valence-electron chi connectivity index (χ4n) is 1.90. The van der Waals surface area contributed by atoms with Crippen LogP contribution in [0, 0.1) is 21.0 Å². The Morgan fingerprint density at radius 3 is 2.48 bits per heavy atom. The van der Waals surface area contributed by atoms with Gasteiger partial charge in [-0.3, -0.25) is 0 Å². The minimum atomic E-state index is -3.84. The second kappa shape index (κ2) is 8.74. The third-order valence-electron chi connectivity index (χ3n) is 3.05. The van der Waals surface area contributed by atoms with Crippen LogP contribution < -0.4 is 13.4 Å². The molecule has 0 saturated heterocycles. The van der Waals surface area contributed by atoms with E-state index >= 15 is 0 Å². The van der Waals surface area contributed by atoms with Gasteiger partial charge in [-0.05, 0) is 0 Å². The van der Waals surface area contributed by atoms with Gasteiger partial charge >= 0.3 is 164 Å². The first-order chi connectivity index (χ1) is 11.7. The van der Waals surface area contributed by atoms with Crippen molar-refractivity contribution < 1.29 is 26.7 Å². The van der Waals surface area contributed by atoms with Crippen molar-refractivity contribution in [3.63, 3.8) is 0 Å². The molecule has 135 valence electrons. The van der Waals surface area contributed by atoms with Gasteiger partial charge in [0.05, 0.1) is 0 Å². The Labute approximate surface area is 163 Å². The summed E-state index contributed by atoms with van der Waals surface area (Å²) < 4.78 is 68.7. The average molecular weight is 546 g/mol. The van der Waals surface area contributed by atoms with Crippen LogP contribution in [-0.4, -0.2) is 41.6 Å². The van der Waals surface area contributed by atoms with Crippen LogP contribution in [0.1, 0.15) is 6.42 Å². The zero-order valence-electron chi connectivity index (χ0n) is 12.6. The van der Waals surface area contributed by atoms with E-state index in [4.69, 9.17) is 5.11 Å². The zero-order valence-corrected chi connectivity index (χ0v) is 17.5. The van der Waals surface area contributed by atoms with Crippen molar-refractivity contribution in [1.82, 2.24) is 0 Å². The molecule has 2 rings (SSSR count). The number of aliphatic hydroxyl groups is 1. The number of halogens is 4. The van der Waals surface area contributed by atoms with Crippen molar-refractivity contribution in [3.05, 3.63) is 51.4 Å². The molecule has 0 aromatic heterocycles. The Bertz CT molecular complexity index is 881. The Kier molecular flexibility index (Phi) is 7.18. The van der Waals surface area contributed by atoms with Crippen LogP contribution in [0.25, 0.3) is 0 Å². The third-order valence-corrected chi connectivity index (χ3v) is 7.73. The molecule has 0 atom stereocenters. The molecule has 2 aromatic carbocycles. The SMILES string of the molecule is O=S(=O)(CCCO)Nc1ccc(F)c(F)c1[As]c1ccc(I)cc1F. The number of benzene rings is 2. The van der Waals surface area contributed by atoms with Gasteiger partial charge in [0.15, 0.2) is 0 Å². The molecule has 0 amide bonds. The zero-order chi connectivity index (χ0) is 18.6. The standard InChI is InChI=1S/C15H13AsF3INO3S/c17-11-4-5-13(21-25(23,24)7-1-6-22)14(15(11)19)16-10-3-2-9(20)8-12(10)18/h2-5,8,21-22H,1,6-7H2. The number of anilines is 1. The van der Waals surface area contributed by atoms with Gasteiger partial charge in [-0.2, -0.15) is 0 Å². The van der Waals surface area contributed by atoms with E-state index in [0.29, 0.717) is 3.57 Å². The van der Waals surface area contributed by atoms with Gasteiger partial charge in [-0.1, -0.05) is 0 Å². The molecule has 0 unspecified atom stereocenters. The molecule has 0 heterocycles. The number of aliphatic hydroxyl groups excluding tert-OH is 1. The van der Waals surface area contributed by atoms with Crippen LogP contribution in [-0.2, 0) is 10.0 Å². The maximum absolute atomic E-state index is 14.2. The van der Waals surface area contributed by atoms with E-state index in [9.17, 15) is 21.6 Å². The van der Waals surface area contributed by atoms with Crippen LogP contribution >= 0.6 is 22.6 Å². The fraction of sp³-hybridized carbons (Fsp3) is 0.200. The predicted molar refractivity (Wildman–Crippen MR) is 99.6 cm³/mol. The first-order valence-corrected chi connectivity index (χ1v) is 11.6. The van der Waals surface area contributed by atoms with Gasteiger partial charge in [0.2, 0.25) is 0 Å². The van der Waals surface area contributed by atoms with Crippen molar-refractivity contribution in [3.8, 4) is 0 Å². The van der Waals surface area contributed by atoms with Gasteiger partial charge in [0.25, 0.3) is 0 Å². The molecule has 10 heteroatoms. The van der Waals surface area contributed by atoms with Gasteiger partial charge in [-0.25, -0.2) is 0 Å². The molecule has 1 radical (unpaired) electrons. The summed E-state index contributed by atoms with van der Waals surface area (Å²) in [5.74, 6) is -3.24. The van der Waals surface area contributed by atoms with Crippen LogP contribution in [0.3, 0.4) is 0 Å². The summed E-state index contributed by atoms with van der Waals surface area (Å²) in [7, 11) is -3.84. The number of nitrogens with one attached hydrogen (secondary N) is 1. The van der Waals surface area contributed by atoms with Crippen LogP contribution in [0.4, 0.5) is 18.9 Å². The number of rotatable bonds is 7. The van der Waals surface area contributed by atoms with E-state index in [0.717, 1.165) is 12.1 Å². The number of sulfonamides is 1. The molecular formula is C15H13AsF3INO3S. The first kappa shape index (κ1) is 20.5. The number of hydrogen-bond donors (Lipinski definition) is 2. The van der Waals surface area contributed by atoms with Crippen molar-refractivity contribution in [2.24, 2.45) is 0 Å². The first-order valence-electron chi connectivity index (χ1n) is 6.99. The Balaban J connectivity index is 2.40. The van der Waals surface area contributed by atoms with Crippen molar-refractivity contribution >= 4 is 62.8 Å². The van der Waals surface area contributed by atoms with Crippen LogP contribution in [0.15, 0.2) is 30.3 Å². The van der Waals surface area contributed by atoms with E-state index < -0.39 is 43.2 Å². The molecule has 2 N–H and O–H groups in total. The summed E-state index contributed by atoms with van der Waals surface area (Å²) >= 11 is 0.598. The molecule has 0 aliphatic rings. The quantitative estimate of drug-likeness (QED) is 0.409. The molecular weight excluding hydrogens is 533 g/mol. The van der Waals surface area contributed by atoms with E-state index in [-0.39, 0.29) is 33.2 Å². The maximum atomic E-state index is 14.2. The predicted octanol–water partition coefficient (Wildman–Crippen LogP) is 1.49. The van der Waals surface area contributed by atoms with E-state index in [1.54, 1.807) is 6.07 Å². The summed E-state index contributed by atoms with van der Waals surface area (Å²) in [4.78, 5) is 0. The van der Waals surface area contributed by atoms with E-state index in [1.165, 1.54) is 12.1 Å². The Morgan fingerprint density at radius 2 is 1.84 bits per heavy atom. The molecule has 0 fully saturated rings. The van der Waals surface area contributed by atoms with Gasteiger partial charge in [-0.15, -0.1) is 0 Å². The van der Waals surface area contributed by atoms with E-state index in [2.05, 4.69) is 4.72 Å². The van der Waals surface area contributed by atoms with Gasteiger partial charge in [0.1, 0.15) is 0 Å². The topological polar surface area (TPSA) is 66.4 Å². The molecule has 4 nitrogen and oxygen atoms in total. The Hall–Kier alpha value is -0.772. The van der Waals surface area contributed by atoms with Crippen LogP contribution in [0.2, 0.25) is 0 Å². The molecule has 0 spiro atoms. The molecule has 25 heavy (non-hydrogen) atoms. The second-order valence-electron chi connectivity index (χ2n) is 4.96. The Morgan fingerprint density at radius 1 is 1.12 bits per heavy atom. The summed E-state index contributed by atoms with van der Waals surface area (Å²) in [6, 6.07) is 6.31. The van der Waals surface area contributed by atoms with Crippen molar-refractivity contribution in [2.75, 3.05) is 17.1 Å². The summed E-state index contributed by atoms with van der Waals surface area (Å²) in [5, 5.41) is 8.74. The van der Waals surface area contributed by atoms with Gasteiger partial charge < -0.3 is 0 Å². The van der Waals surface area contributed by atoms with Crippen molar-refractivity contribution in [2.45, 2.75) is 6.42 Å². The summed E-state index contributed by atoms with van der Waals surface area (Å²) in [5.41, 5.74) is -0.116. The van der Waals surface area contributed by atoms with E-state index in [1.807, 2.05) is 22.6 Å². The molecule has 0 aliphatic heterocycles. The van der Waals surface area contributed by atoms with Gasteiger partial charge in [0, 0.05) is 0 Å². The molecule has 0 saturated carbocycles. The minimum absolute atomic E-state index is 0.00775. The molecule has 2 aromatic rings. The van der Waals surface area contributed by atoms with Crippen molar-refractivity contribution in [1.29, 1.82) is 0 Å². The molecule has 0 bridgehead atoms. The second-order valence-corrected chi connectivity index (χ2v) is 10.5. The third kappa shape index (κ3) is 5.60. The average Bonchev–Trinajstić information content (AvgIpc) is 2.54. The molecule has 0 aliphatic carbocycles. The number of hydrogen-bond acceptors (Lipinski definition) is 3. The monoisotopic (exact) mass is 546 g/mol. The fourth-order valence-corrected chi connectivity index (χ4v) is 5.77. The normalized spacial score (nSPS) is 12.0.